The molecule has 0 aliphatic rings. The van der Waals surface area contributed by atoms with E-state index in [4.69, 9.17) is 4.98 Å². The molecule has 0 saturated carbocycles. The molecule has 6 aromatic rings. The molecule has 6 rings (SSSR count). The number of nitrogens with zero attached hydrogens (tertiary/aromatic N) is 3. The molecule has 1 N–H and O–H groups in total. The Morgan fingerprint density at radius 1 is 0.765 bits per heavy atom. The number of aromatic hydroxyl groups is 1. The molecule has 0 radical (unpaired) electrons. The van der Waals surface area contributed by atoms with Crippen LogP contribution in [0.15, 0.2) is 108 Å². The molecule has 164 valence electrons. The second kappa shape index (κ2) is 8.49. The first-order valence-corrected chi connectivity index (χ1v) is 11.4. The van der Waals surface area contributed by atoms with Gasteiger partial charge in [-0.15, -0.1) is 0 Å². The van der Waals surface area contributed by atoms with Gasteiger partial charge in [0.15, 0.2) is 0 Å². The van der Waals surface area contributed by atoms with Gasteiger partial charge in [-0.2, -0.15) is 0 Å². The van der Waals surface area contributed by atoms with E-state index < -0.39 is 0 Å². The number of rotatable bonds is 5. The van der Waals surface area contributed by atoms with Crippen LogP contribution in [0, 0.1) is 0 Å². The van der Waals surface area contributed by atoms with Gasteiger partial charge in [-0.3, -0.25) is 4.99 Å². The molecule has 1 heterocycles. The summed E-state index contributed by atoms with van der Waals surface area (Å²) in [6, 6.07) is 34.8. The highest BCUT2D eigenvalue weighted by atomic mass is 16.3. The quantitative estimate of drug-likeness (QED) is 0.239. The summed E-state index contributed by atoms with van der Waals surface area (Å²) in [6.07, 6.45) is 1.71. The van der Waals surface area contributed by atoms with Crippen LogP contribution < -0.4 is 0 Å². The third-order valence-corrected chi connectivity index (χ3v) is 6.33. The summed E-state index contributed by atoms with van der Waals surface area (Å²) in [4.78, 5) is 9.54. The third-order valence-electron chi connectivity index (χ3n) is 6.33. The summed E-state index contributed by atoms with van der Waals surface area (Å²) < 4.78 is 2.27. The zero-order chi connectivity index (χ0) is 22.9. The third kappa shape index (κ3) is 3.59. The SMILES string of the molecule is Oc1ccccc1C=NCc1nc2ccccc2n1Cc1c2ccccc2cc2ccccc12. The van der Waals surface area contributed by atoms with Gasteiger partial charge in [-0.05, 0) is 57.4 Å². The molecule has 4 heteroatoms. The molecule has 0 saturated heterocycles. The average Bonchev–Trinajstić information content (AvgIpc) is 3.22. The maximum Gasteiger partial charge on any atom is 0.131 e. The number of imidazole rings is 1. The Bertz CT molecular complexity index is 1630. The Labute approximate surface area is 197 Å². The number of para-hydroxylation sites is 3. The monoisotopic (exact) mass is 441 g/mol. The number of fused-ring (bicyclic) bond motifs is 3. The van der Waals surface area contributed by atoms with Crippen LogP contribution in [-0.2, 0) is 13.1 Å². The van der Waals surface area contributed by atoms with Gasteiger partial charge in [0.05, 0.1) is 24.1 Å². The first-order valence-electron chi connectivity index (χ1n) is 11.4. The minimum atomic E-state index is 0.224. The number of aromatic nitrogens is 2. The lowest BCUT2D eigenvalue weighted by Crippen LogP contribution is -2.06. The van der Waals surface area contributed by atoms with Crippen molar-refractivity contribution < 1.29 is 5.11 Å². The lowest BCUT2D eigenvalue weighted by atomic mass is 9.96. The lowest BCUT2D eigenvalue weighted by Gasteiger charge is -2.14. The van der Waals surface area contributed by atoms with E-state index >= 15 is 0 Å². The van der Waals surface area contributed by atoms with Crippen molar-refractivity contribution in [2.45, 2.75) is 13.1 Å². The van der Waals surface area contributed by atoms with Crippen molar-refractivity contribution >= 4 is 38.8 Å². The minimum Gasteiger partial charge on any atom is -0.507 e. The summed E-state index contributed by atoms with van der Waals surface area (Å²) in [5, 5.41) is 15.0. The van der Waals surface area contributed by atoms with Gasteiger partial charge in [0, 0.05) is 11.8 Å². The van der Waals surface area contributed by atoms with Crippen LogP contribution in [0.2, 0.25) is 0 Å². The van der Waals surface area contributed by atoms with Gasteiger partial charge in [-0.1, -0.05) is 72.8 Å². The van der Waals surface area contributed by atoms with Crippen molar-refractivity contribution in [3.63, 3.8) is 0 Å². The maximum atomic E-state index is 10.1. The largest absolute Gasteiger partial charge is 0.507 e. The molecule has 34 heavy (non-hydrogen) atoms. The van der Waals surface area contributed by atoms with Crippen molar-refractivity contribution in [3.05, 3.63) is 120 Å². The predicted molar refractivity (Wildman–Crippen MR) is 140 cm³/mol. The summed E-state index contributed by atoms with van der Waals surface area (Å²) in [6.45, 7) is 1.12. The summed E-state index contributed by atoms with van der Waals surface area (Å²) in [5.41, 5.74) is 4.03. The minimum absolute atomic E-state index is 0.224. The van der Waals surface area contributed by atoms with Gasteiger partial charge < -0.3 is 9.67 Å². The smallest absolute Gasteiger partial charge is 0.131 e. The Morgan fingerprint density at radius 2 is 1.41 bits per heavy atom. The zero-order valence-corrected chi connectivity index (χ0v) is 18.6. The first-order chi connectivity index (χ1) is 16.8. The molecule has 0 fully saturated rings. The van der Waals surface area contributed by atoms with Crippen LogP contribution in [0.5, 0.6) is 5.75 Å². The predicted octanol–water partition coefficient (Wildman–Crippen LogP) is 6.72. The number of benzene rings is 5. The van der Waals surface area contributed by atoms with Gasteiger partial charge in [0.2, 0.25) is 0 Å². The Morgan fingerprint density at radius 3 is 2.18 bits per heavy atom. The maximum absolute atomic E-state index is 10.1. The van der Waals surface area contributed by atoms with Crippen molar-refractivity contribution in [1.82, 2.24) is 9.55 Å². The molecule has 1 aromatic heterocycles. The van der Waals surface area contributed by atoms with Gasteiger partial charge in [-0.25, -0.2) is 4.98 Å². The van der Waals surface area contributed by atoms with E-state index in [-0.39, 0.29) is 5.75 Å². The molecule has 0 unspecified atom stereocenters. The van der Waals surface area contributed by atoms with E-state index in [1.807, 2.05) is 24.3 Å². The van der Waals surface area contributed by atoms with Gasteiger partial charge >= 0.3 is 0 Å². The van der Waals surface area contributed by atoms with Crippen LogP contribution in [0.25, 0.3) is 32.6 Å². The van der Waals surface area contributed by atoms with Crippen molar-refractivity contribution in [2.24, 2.45) is 4.99 Å². The molecule has 0 aliphatic carbocycles. The molecular weight excluding hydrogens is 418 g/mol. The number of phenols is 1. The summed E-state index contributed by atoms with van der Waals surface area (Å²) >= 11 is 0. The van der Waals surface area contributed by atoms with E-state index in [1.54, 1.807) is 18.3 Å². The van der Waals surface area contributed by atoms with Crippen LogP contribution in [0.3, 0.4) is 0 Å². The number of phenolic OH excluding ortho intramolecular Hbond substituents is 1. The topological polar surface area (TPSA) is 50.4 Å². The number of hydrogen-bond acceptors (Lipinski definition) is 3. The number of hydrogen-bond donors (Lipinski definition) is 1. The molecule has 0 atom stereocenters. The van der Waals surface area contributed by atoms with E-state index in [1.165, 1.54) is 27.1 Å². The molecule has 0 bridgehead atoms. The highest BCUT2D eigenvalue weighted by Gasteiger charge is 2.14. The van der Waals surface area contributed by atoms with Gasteiger partial charge in [0.25, 0.3) is 0 Å². The van der Waals surface area contributed by atoms with Crippen molar-refractivity contribution in [3.8, 4) is 5.75 Å². The van der Waals surface area contributed by atoms with E-state index in [2.05, 4.69) is 76.3 Å². The molecule has 0 amide bonds. The van der Waals surface area contributed by atoms with E-state index in [9.17, 15) is 5.11 Å². The van der Waals surface area contributed by atoms with Crippen LogP contribution in [0.1, 0.15) is 17.0 Å². The normalized spacial score (nSPS) is 11.8. The second-order valence-electron chi connectivity index (χ2n) is 8.43. The van der Waals surface area contributed by atoms with Gasteiger partial charge in [0.1, 0.15) is 11.6 Å². The summed E-state index contributed by atoms with van der Waals surface area (Å²) in [5.74, 6) is 1.12. The first kappa shape index (κ1) is 20.2. The molecular formula is C30H23N3O. The standard InChI is InChI=1S/C30H23N3O/c34-29-16-8-3-11-23(29)18-31-19-30-32-27-14-6-7-15-28(27)33(30)20-26-24-12-4-1-9-21(24)17-22-10-2-5-13-25(22)26/h1-18,34H,19-20H2. The summed E-state index contributed by atoms with van der Waals surface area (Å²) in [7, 11) is 0. The highest BCUT2D eigenvalue weighted by Crippen LogP contribution is 2.30. The fourth-order valence-corrected chi connectivity index (χ4v) is 4.68. The molecule has 0 spiro atoms. The zero-order valence-electron chi connectivity index (χ0n) is 18.6. The Balaban J connectivity index is 1.48. The highest BCUT2D eigenvalue weighted by molar-refractivity contribution is 6.02. The fraction of sp³-hybridized carbons (Fsp3) is 0.0667. The molecule has 5 aromatic carbocycles. The van der Waals surface area contributed by atoms with Crippen molar-refractivity contribution in [2.75, 3.05) is 0 Å². The van der Waals surface area contributed by atoms with Crippen LogP contribution in [0.4, 0.5) is 0 Å². The molecule has 4 nitrogen and oxygen atoms in total. The van der Waals surface area contributed by atoms with E-state index in [0.29, 0.717) is 18.7 Å². The Kier molecular flexibility index (Phi) is 5.04. The molecule has 0 aliphatic heterocycles. The van der Waals surface area contributed by atoms with E-state index in [0.717, 1.165) is 16.9 Å². The fourth-order valence-electron chi connectivity index (χ4n) is 4.68. The second-order valence-corrected chi connectivity index (χ2v) is 8.43. The average molecular weight is 442 g/mol. The van der Waals surface area contributed by atoms with Crippen molar-refractivity contribution in [1.29, 1.82) is 0 Å². The Hall–Kier alpha value is -4.44. The van der Waals surface area contributed by atoms with Crippen LogP contribution in [-0.4, -0.2) is 20.9 Å². The lowest BCUT2D eigenvalue weighted by molar-refractivity contribution is 0.474. The number of aliphatic imine (C=N–C) groups is 1. The van der Waals surface area contributed by atoms with Crippen LogP contribution >= 0.6 is 0 Å².